The molecule has 31 heavy (non-hydrogen) atoms. The molecule has 0 spiro atoms. The van der Waals surface area contributed by atoms with Crippen molar-refractivity contribution in [1.29, 1.82) is 0 Å². The first kappa shape index (κ1) is 22.1. The summed E-state index contributed by atoms with van der Waals surface area (Å²) >= 11 is 0. The van der Waals surface area contributed by atoms with E-state index in [-0.39, 0.29) is 36.0 Å². The highest BCUT2D eigenvalue weighted by Gasteiger charge is 2.34. The van der Waals surface area contributed by atoms with Gasteiger partial charge >= 0.3 is 6.18 Å². The van der Waals surface area contributed by atoms with Crippen LogP contribution in [0, 0.1) is 10.1 Å². The number of nitro groups is 1. The van der Waals surface area contributed by atoms with Crippen molar-refractivity contribution in [3.63, 3.8) is 0 Å². The number of rotatable bonds is 6. The number of nitrogens with zero attached hydrogens (tertiary/aromatic N) is 3. The first-order chi connectivity index (χ1) is 14.6. The molecule has 166 valence electrons. The molecule has 12 heteroatoms. The molecule has 0 aliphatic carbocycles. The Labute approximate surface area is 174 Å². The maximum atomic E-state index is 12.9. The molecule has 0 radical (unpaired) electrons. The molecule has 1 aromatic carbocycles. The van der Waals surface area contributed by atoms with Gasteiger partial charge in [0.05, 0.1) is 37.3 Å². The highest BCUT2D eigenvalue weighted by atomic mass is 19.4. The fourth-order valence-electron chi connectivity index (χ4n) is 3.19. The number of alkyl halides is 3. The average Bonchev–Trinajstić information content (AvgIpc) is 3.20. The molecule has 0 saturated carbocycles. The lowest BCUT2D eigenvalue weighted by Gasteiger charge is -2.18. The van der Waals surface area contributed by atoms with E-state index in [9.17, 15) is 28.1 Å². The molecule has 2 heterocycles. The van der Waals surface area contributed by atoms with Crippen LogP contribution in [-0.4, -0.2) is 54.1 Å². The summed E-state index contributed by atoms with van der Waals surface area (Å²) < 4.78 is 54.2. The summed E-state index contributed by atoms with van der Waals surface area (Å²) in [6, 6.07) is 3.93. The Kier molecular flexibility index (Phi) is 6.18. The zero-order valence-corrected chi connectivity index (χ0v) is 16.5. The predicted molar refractivity (Wildman–Crippen MR) is 100 cm³/mol. The molecule has 0 bridgehead atoms. The smallest absolute Gasteiger partial charge is 0.416 e. The summed E-state index contributed by atoms with van der Waals surface area (Å²) in [5, 5.41) is 11.4. The monoisotopic (exact) mass is 441 g/mol. The van der Waals surface area contributed by atoms with Crippen molar-refractivity contribution in [2.24, 2.45) is 0 Å². The van der Waals surface area contributed by atoms with E-state index in [0.717, 1.165) is 24.4 Å². The molecule has 0 N–H and O–H groups in total. The van der Waals surface area contributed by atoms with Crippen LogP contribution in [0.4, 0.5) is 18.9 Å². The number of nitro benzene ring substituents is 1. The quantitative estimate of drug-likeness (QED) is 0.500. The van der Waals surface area contributed by atoms with Crippen LogP contribution in [0.2, 0.25) is 0 Å². The van der Waals surface area contributed by atoms with Crippen LogP contribution in [-0.2, 0) is 6.18 Å². The molecule has 1 unspecified atom stereocenters. The molecule has 1 saturated heterocycles. The molecular weight excluding hydrogens is 423 g/mol. The highest BCUT2D eigenvalue weighted by molar-refractivity contribution is 5.99. The molecule has 3 rings (SSSR count). The van der Waals surface area contributed by atoms with E-state index in [0.29, 0.717) is 6.42 Å². The fraction of sp³-hybridized carbons (Fsp3) is 0.368. The topological polar surface area (TPSA) is 104 Å². The van der Waals surface area contributed by atoms with E-state index < -0.39 is 34.4 Å². The third-order valence-corrected chi connectivity index (χ3v) is 4.71. The SMILES string of the molecule is COc1cc(C(=O)N2CCC(Oc3cc(C(F)(F)F)ccn3)C2)c([N+](=O)[O-])cc1OC. The van der Waals surface area contributed by atoms with E-state index in [1.165, 1.54) is 25.2 Å². The van der Waals surface area contributed by atoms with Gasteiger partial charge in [-0.2, -0.15) is 13.2 Å². The lowest BCUT2D eigenvalue weighted by Crippen LogP contribution is -2.31. The second-order valence-corrected chi connectivity index (χ2v) is 6.64. The van der Waals surface area contributed by atoms with Crippen LogP contribution in [0.15, 0.2) is 30.5 Å². The lowest BCUT2D eigenvalue weighted by atomic mass is 10.1. The molecule has 9 nitrogen and oxygen atoms in total. The zero-order chi connectivity index (χ0) is 22.8. The maximum absolute atomic E-state index is 12.9. The number of likely N-dealkylation sites (tertiary alicyclic amines) is 1. The lowest BCUT2D eigenvalue weighted by molar-refractivity contribution is -0.385. The van der Waals surface area contributed by atoms with Crippen LogP contribution < -0.4 is 14.2 Å². The minimum atomic E-state index is -4.54. The number of pyridine rings is 1. The second kappa shape index (κ2) is 8.66. The van der Waals surface area contributed by atoms with Gasteiger partial charge in [0.25, 0.3) is 11.6 Å². The van der Waals surface area contributed by atoms with Crippen LogP contribution in [0.1, 0.15) is 22.3 Å². The Morgan fingerprint density at radius 3 is 2.52 bits per heavy atom. The van der Waals surface area contributed by atoms with Gasteiger partial charge in [0.1, 0.15) is 11.7 Å². The van der Waals surface area contributed by atoms with Gasteiger partial charge in [0, 0.05) is 31.3 Å². The van der Waals surface area contributed by atoms with E-state index in [2.05, 4.69) is 4.98 Å². The number of carbonyl (C=O) groups is 1. The van der Waals surface area contributed by atoms with Gasteiger partial charge in [0.15, 0.2) is 11.5 Å². The van der Waals surface area contributed by atoms with Crippen LogP contribution in [0.5, 0.6) is 17.4 Å². The van der Waals surface area contributed by atoms with Gasteiger partial charge in [-0.1, -0.05) is 0 Å². The number of carbonyl (C=O) groups excluding carboxylic acids is 1. The van der Waals surface area contributed by atoms with Crippen LogP contribution in [0.25, 0.3) is 0 Å². The van der Waals surface area contributed by atoms with Gasteiger partial charge in [0.2, 0.25) is 5.88 Å². The zero-order valence-electron chi connectivity index (χ0n) is 16.5. The number of hydrogen-bond donors (Lipinski definition) is 0. The van der Waals surface area contributed by atoms with Crippen LogP contribution >= 0.6 is 0 Å². The summed E-state index contributed by atoms with van der Waals surface area (Å²) in [6.07, 6.45) is -3.84. The minimum Gasteiger partial charge on any atom is -0.493 e. The molecule has 1 aliphatic rings. The van der Waals surface area contributed by atoms with E-state index in [4.69, 9.17) is 14.2 Å². The van der Waals surface area contributed by atoms with Gasteiger partial charge in [-0.3, -0.25) is 14.9 Å². The van der Waals surface area contributed by atoms with Crippen molar-refractivity contribution in [2.75, 3.05) is 27.3 Å². The Hall–Kier alpha value is -3.57. The highest BCUT2D eigenvalue weighted by Crippen LogP contribution is 2.36. The number of benzene rings is 1. The largest absolute Gasteiger partial charge is 0.493 e. The van der Waals surface area contributed by atoms with E-state index in [1.54, 1.807) is 0 Å². The minimum absolute atomic E-state index is 0.0300. The number of aromatic nitrogens is 1. The Morgan fingerprint density at radius 2 is 1.90 bits per heavy atom. The van der Waals surface area contributed by atoms with Gasteiger partial charge in [-0.15, -0.1) is 0 Å². The molecular formula is C19H18F3N3O6. The number of halogens is 3. The Morgan fingerprint density at radius 1 is 1.23 bits per heavy atom. The second-order valence-electron chi connectivity index (χ2n) is 6.64. The summed E-state index contributed by atoms with van der Waals surface area (Å²) in [4.78, 5) is 28.8. The summed E-state index contributed by atoms with van der Waals surface area (Å²) in [6.45, 7) is 0.232. The first-order valence-corrected chi connectivity index (χ1v) is 9.03. The van der Waals surface area contributed by atoms with E-state index in [1.807, 2.05) is 0 Å². The van der Waals surface area contributed by atoms with Gasteiger partial charge < -0.3 is 19.1 Å². The summed E-state index contributed by atoms with van der Waals surface area (Å²) in [5.41, 5.74) is -1.54. The summed E-state index contributed by atoms with van der Waals surface area (Å²) in [7, 11) is 2.65. The number of methoxy groups -OCH3 is 2. The molecule has 1 amide bonds. The van der Waals surface area contributed by atoms with Gasteiger partial charge in [-0.25, -0.2) is 4.98 Å². The molecule has 1 fully saturated rings. The maximum Gasteiger partial charge on any atom is 0.416 e. The third-order valence-electron chi connectivity index (χ3n) is 4.71. The Balaban J connectivity index is 1.77. The van der Waals surface area contributed by atoms with Crippen molar-refractivity contribution >= 4 is 11.6 Å². The number of hydrogen-bond acceptors (Lipinski definition) is 7. The average molecular weight is 441 g/mol. The number of amides is 1. The van der Waals surface area contributed by atoms with Crippen molar-refractivity contribution in [3.8, 4) is 17.4 Å². The van der Waals surface area contributed by atoms with Crippen molar-refractivity contribution < 1.29 is 37.1 Å². The predicted octanol–water partition coefficient (Wildman–Crippen LogP) is 3.32. The van der Waals surface area contributed by atoms with Crippen molar-refractivity contribution in [3.05, 3.63) is 51.7 Å². The first-order valence-electron chi connectivity index (χ1n) is 9.03. The number of ether oxygens (including phenoxy) is 3. The molecule has 1 aliphatic heterocycles. The Bertz CT molecular complexity index is 998. The molecule has 1 atom stereocenters. The van der Waals surface area contributed by atoms with Crippen molar-refractivity contribution in [1.82, 2.24) is 9.88 Å². The summed E-state index contributed by atoms with van der Waals surface area (Å²) in [5.74, 6) is -0.595. The third kappa shape index (κ3) is 4.78. The van der Waals surface area contributed by atoms with Crippen LogP contribution in [0.3, 0.4) is 0 Å². The fourth-order valence-corrected chi connectivity index (χ4v) is 3.19. The molecule has 2 aromatic rings. The van der Waals surface area contributed by atoms with Gasteiger partial charge in [-0.05, 0) is 6.07 Å². The van der Waals surface area contributed by atoms with Crippen molar-refractivity contribution in [2.45, 2.75) is 18.7 Å². The standard InChI is InChI=1S/C19H18F3N3O6/c1-29-15-8-13(14(25(27)28)9-16(15)30-2)18(26)24-6-4-12(10-24)31-17-7-11(3-5-23-17)19(20,21)22/h3,5,7-9,12H,4,6,10H2,1-2H3. The normalized spacial score (nSPS) is 16.2. The van der Waals surface area contributed by atoms with E-state index >= 15 is 0 Å². The molecule has 1 aromatic heterocycles.